The van der Waals surface area contributed by atoms with Crippen LogP contribution in [0.3, 0.4) is 0 Å². The number of rotatable bonds is 6. The van der Waals surface area contributed by atoms with Gasteiger partial charge in [0.25, 0.3) is 5.91 Å². The molecule has 0 aliphatic rings. The second kappa shape index (κ2) is 8.97. The maximum absolute atomic E-state index is 12.9. The minimum atomic E-state index is -0.204. The Morgan fingerprint density at radius 3 is 2.38 bits per heavy atom. The van der Waals surface area contributed by atoms with Crippen LogP contribution in [0.15, 0.2) is 60.7 Å². The molecule has 7 heteroatoms. The van der Waals surface area contributed by atoms with Gasteiger partial charge in [-0.3, -0.25) is 9.59 Å². The summed E-state index contributed by atoms with van der Waals surface area (Å²) in [6.45, 7) is 5.90. The average molecular weight is 389 g/mol. The van der Waals surface area contributed by atoms with Crippen LogP contribution < -0.4 is 15.5 Å². The summed E-state index contributed by atoms with van der Waals surface area (Å²) in [6.07, 6.45) is 0. The largest absolute Gasteiger partial charge is 0.339 e. The van der Waals surface area contributed by atoms with Crippen molar-refractivity contribution in [3.8, 4) is 0 Å². The molecule has 2 N–H and O–H groups in total. The SMILES string of the molecule is CCN(C(=O)c1ccc(Nc2cccc(NC(C)=O)c2)nn1)c1cccc(C)c1. The number of aryl methyl sites for hydroxylation is 1. The van der Waals surface area contributed by atoms with Gasteiger partial charge in [-0.2, -0.15) is 0 Å². The predicted octanol–water partition coefficient (Wildman–Crippen LogP) is 4.15. The molecule has 0 radical (unpaired) electrons. The number of hydrogen-bond acceptors (Lipinski definition) is 5. The zero-order chi connectivity index (χ0) is 20.8. The fraction of sp³-hybridized carbons (Fsp3) is 0.182. The molecule has 148 valence electrons. The normalized spacial score (nSPS) is 10.3. The van der Waals surface area contributed by atoms with Crippen molar-refractivity contribution in [2.75, 3.05) is 22.1 Å². The monoisotopic (exact) mass is 389 g/mol. The van der Waals surface area contributed by atoms with Crippen molar-refractivity contribution in [1.29, 1.82) is 0 Å². The van der Waals surface area contributed by atoms with Crippen LogP contribution in [0.5, 0.6) is 0 Å². The topological polar surface area (TPSA) is 87.2 Å². The van der Waals surface area contributed by atoms with E-state index in [9.17, 15) is 9.59 Å². The summed E-state index contributed by atoms with van der Waals surface area (Å²) in [6, 6.07) is 18.4. The molecule has 1 heterocycles. The maximum Gasteiger partial charge on any atom is 0.278 e. The third kappa shape index (κ3) is 5.16. The van der Waals surface area contributed by atoms with Crippen molar-refractivity contribution in [1.82, 2.24) is 10.2 Å². The van der Waals surface area contributed by atoms with Gasteiger partial charge in [0.1, 0.15) is 0 Å². The van der Waals surface area contributed by atoms with E-state index in [-0.39, 0.29) is 17.5 Å². The Labute approximate surface area is 169 Å². The van der Waals surface area contributed by atoms with Crippen LogP contribution in [-0.2, 0) is 4.79 Å². The number of anilines is 4. The Balaban J connectivity index is 1.74. The molecule has 0 atom stereocenters. The first kappa shape index (κ1) is 20.0. The van der Waals surface area contributed by atoms with Crippen molar-refractivity contribution in [2.24, 2.45) is 0 Å². The highest BCUT2D eigenvalue weighted by Crippen LogP contribution is 2.20. The van der Waals surface area contributed by atoms with Gasteiger partial charge in [0, 0.05) is 30.5 Å². The number of hydrogen-bond donors (Lipinski definition) is 2. The van der Waals surface area contributed by atoms with Gasteiger partial charge < -0.3 is 15.5 Å². The van der Waals surface area contributed by atoms with E-state index in [1.54, 1.807) is 29.2 Å². The highest BCUT2D eigenvalue weighted by Gasteiger charge is 2.18. The molecule has 0 unspecified atom stereocenters. The van der Waals surface area contributed by atoms with Gasteiger partial charge in [-0.15, -0.1) is 10.2 Å². The van der Waals surface area contributed by atoms with Crippen molar-refractivity contribution in [2.45, 2.75) is 20.8 Å². The van der Waals surface area contributed by atoms with Crippen LogP contribution in [0.2, 0.25) is 0 Å². The lowest BCUT2D eigenvalue weighted by Gasteiger charge is -2.21. The summed E-state index contributed by atoms with van der Waals surface area (Å²) < 4.78 is 0. The van der Waals surface area contributed by atoms with Gasteiger partial charge in [-0.25, -0.2) is 0 Å². The molecule has 0 saturated carbocycles. The zero-order valence-corrected chi connectivity index (χ0v) is 16.6. The van der Waals surface area contributed by atoms with Crippen molar-refractivity contribution >= 4 is 34.7 Å². The molecule has 0 saturated heterocycles. The third-order valence-corrected chi connectivity index (χ3v) is 4.21. The van der Waals surface area contributed by atoms with Gasteiger partial charge in [0.05, 0.1) is 0 Å². The smallest absolute Gasteiger partial charge is 0.278 e. The molecule has 0 aliphatic carbocycles. The molecule has 0 bridgehead atoms. The average Bonchev–Trinajstić information content (AvgIpc) is 2.69. The van der Waals surface area contributed by atoms with Gasteiger partial charge in [0.2, 0.25) is 5.91 Å². The van der Waals surface area contributed by atoms with Crippen molar-refractivity contribution in [3.63, 3.8) is 0 Å². The second-order valence-corrected chi connectivity index (χ2v) is 6.58. The van der Waals surface area contributed by atoms with E-state index in [2.05, 4.69) is 20.8 Å². The van der Waals surface area contributed by atoms with Crippen LogP contribution in [0.4, 0.5) is 22.9 Å². The molecule has 0 fully saturated rings. The molecule has 2 amide bonds. The van der Waals surface area contributed by atoms with Gasteiger partial charge in [-0.05, 0) is 61.9 Å². The zero-order valence-electron chi connectivity index (χ0n) is 16.6. The number of carbonyl (C=O) groups excluding carboxylic acids is 2. The summed E-state index contributed by atoms with van der Waals surface area (Å²) in [4.78, 5) is 25.7. The van der Waals surface area contributed by atoms with Gasteiger partial charge in [0.15, 0.2) is 11.5 Å². The summed E-state index contributed by atoms with van der Waals surface area (Å²) in [5, 5.41) is 14.1. The first-order chi connectivity index (χ1) is 14.0. The molecular weight excluding hydrogens is 366 g/mol. The Kier molecular flexibility index (Phi) is 6.19. The van der Waals surface area contributed by atoms with E-state index >= 15 is 0 Å². The lowest BCUT2D eigenvalue weighted by molar-refractivity contribution is -0.114. The number of nitrogens with one attached hydrogen (secondary N) is 2. The molecule has 2 aromatic carbocycles. The van der Waals surface area contributed by atoms with Crippen LogP contribution in [0.1, 0.15) is 29.9 Å². The van der Waals surface area contributed by atoms with Crippen LogP contribution >= 0.6 is 0 Å². The van der Waals surface area contributed by atoms with Crippen LogP contribution in [0.25, 0.3) is 0 Å². The lowest BCUT2D eigenvalue weighted by Crippen LogP contribution is -2.31. The van der Waals surface area contributed by atoms with Crippen LogP contribution in [-0.4, -0.2) is 28.6 Å². The first-order valence-corrected chi connectivity index (χ1v) is 9.33. The van der Waals surface area contributed by atoms with E-state index in [1.165, 1.54) is 6.92 Å². The minimum Gasteiger partial charge on any atom is -0.339 e. The second-order valence-electron chi connectivity index (χ2n) is 6.58. The number of carbonyl (C=O) groups is 2. The Morgan fingerprint density at radius 1 is 0.966 bits per heavy atom. The Bertz CT molecular complexity index is 1020. The van der Waals surface area contributed by atoms with E-state index in [1.807, 2.05) is 50.2 Å². The summed E-state index contributed by atoms with van der Waals surface area (Å²) >= 11 is 0. The fourth-order valence-electron chi connectivity index (χ4n) is 2.92. The third-order valence-electron chi connectivity index (χ3n) is 4.21. The molecule has 3 rings (SSSR count). The van der Waals surface area contributed by atoms with E-state index in [0.29, 0.717) is 18.1 Å². The van der Waals surface area contributed by atoms with Gasteiger partial charge >= 0.3 is 0 Å². The van der Waals surface area contributed by atoms with Crippen molar-refractivity contribution < 1.29 is 9.59 Å². The number of benzene rings is 2. The van der Waals surface area contributed by atoms with Gasteiger partial charge in [-0.1, -0.05) is 18.2 Å². The molecule has 1 aromatic heterocycles. The number of amides is 2. The summed E-state index contributed by atoms with van der Waals surface area (Å²) in [7, 11) is 0. The predicted molar refractivity (Wildman–Crippen MR) is 115 cm³/mol. The molecule has 0 aliphatic heterocycles. The Morgan fingerprint density at radius 2 is 1.72 bits per heavy atom. The standard InChI is InChI=1S/C22H23N5O2/c1-4-27(19-10-5-7-15(2)13-19)22(29)20-11-12-21(26-25-20)24-18-9-6-8-17(14-18)23-16(3)28/h5-14H,4H2,1-3H3,(H,23,28)(H,24,26). The highest BCUT2D eigenvalue weighted by molar-refractivity contribution is 6.04. The molecule has 0 spiro atoms. The van der Waals surface area contributed by atoms with Crippen molar-refractivity contribution in [3.05, 3.63) is 71.9 Å². The molecule has 7 nitrogen and oxygen atoms in total. The minimum absolute atomic E-state index is 0.140. The highest BCUT2D eigenvalue weighted by atomic mass is 16.2. The maximum atomic E-state index is 12.9. The fourth-order valence-corrected chi connectivity index (χ4v) is 2.92. The number of aromatic nitrogens is 2. The summed E-state index contributed by atoms with van der Waals surface area (Å²) in [5.74, 6) is 0.156. The Hall–Kier alpha value is -3.74. The van der Waals surface area contributed by atoms with E-state index < -0.39 is 0 Å². The molecule has 3 aromatic rings. The van der Waals surface area contributed by atoms with E-state index in [4.69, 9.17) is 0 Å². The summed E-state index contributed by atoms with van der Waals surface area (Å²) in [5.41, 5.74) is 3.61. The first-order valence-electron chi connectivity index (χ1n) is 9.33. The molecular formula is C22H23N5O2. The lowest BCUT2D eigenvalue weighted by atomic mass is 10.2. The molecule has 29 heavy (non-hydrogen) atoms. The van der Waals surface area contributed by atoms with Crippen LogP contribution in [0, 0.1) is 6.92 Å². The number of nitrogens with zero attached hydrogens (tertiary/aromatic N) is 3. The van der Waals surface area contributed by atoms with E-state index in [0.717, 1.165) is 16.9 Å². The quantitative estimate of drug-likeness (QED) is 0.661.